The molecule has 0 aromatic rings. The number of rotatable bonds is 58. The standard InChI is InChI=1S/C63H122O6/c1-5-8-10-12-14-16-18-19-20-21-22-27-30-33-36-40-44-48-52-56-63(66)69-60(57-67-61(64)54-50-46-42-38-17-15-13-11-9-6-2)58-68-62(65)55-51-47-43-39-35-32-29-26-24-23-25-28-31-34-37-41-45-49-53-59(4)7-3/h59-60H,5-58H2,1-4H3/t59?,60-/m0/s1. The van der Waals surface area contributed by atoms with Crippen molar-refractivity contribution in [1.29, 1.82) is 0 Å². The molecule has 0 amide bonds. The number of hydrogen-bond acceptors (Lipinski definition) is 6. The van der Waals surface area contributed by atoms with Gasteiger partial charge in [-0.3, -0.25) is 14.4 Å². The number of hydrogen-bond donors (Lipinski definition) is 0. The van der Waals surface area contributed by atoms with Crippen molar-refractivity contribution in [2.75, 3.05) is 13.2 Å². The predicted molar refractivity (Wildman–Crippen MR) is 298 cm³/mol. The lowest BCUT2D eigenvalue weighted by Gasteiger charge is -2.18. The molecule has 0 saturated carbocycles. The summed E-state index contributed by atoms with van der Waals surface area (Å²) in [5.74, 6) is 0.0778. The Balaban J connectivity index is 4.18. The fourth-order valence-electron chi connectivity index (χ4n) is 9.78. The van der Waals surface area contributed by atoms with Gasteiger partial charge in [-0.2, -0.15) is 0 Å². The van der Waals surface area contributed by atoms with Crippen LogP contribution in [0.25, 0.3) is 0 Å². The Morgan fingerprint density at radius 3 is 0.754 bits per heavy atom. The molecule has 1 unspecified atom stereocenters. The Labute approximate surface area is 431 Å². The van der Waals surface area contributed by atoms with Gasteiger partial charge in [-0.05, 0) is 25.2 Å². The van der Waals surface area contributed by atoms with Crippen molar-refractivity contribution in [3.8, 4) is 0 Å². The van der Waals surface area contributed by atoms with Crippen molar-refractivity contribution in [2.24, 2.45) is 5.92 Å². The molecular weight excluding hydrogens is 853 g/mol. The summed E-state index contributed by atoms with van der Waals surface area (Å²) < 4.78 is 16.9. The molecule has 0 rings (SSSR count). The van der Waals surface area contributed by atoms with Crippen LogP contribution < -0.4 is 0 Å². The summed E-state index contributed by atoms with van der Waals surface area (Å²) in [5.41, 5.74) is 0. The van der Waals surface area contributed by atoms with E-state index >= 15 is 0 Å². The fraction of sp³-hybridized carbons (Fsp3) is 0.952. The van der Waals surface area contributed by atoms with Crippen LogP contribution in [0, 0.1) is 5.92 Å². The van der Waals surface area contributed by atoms with E-state index in [0.29, 0.717) is 19.3 Å². The molecule has 69 heavy (non-hydrogen) atoms. The second-order valence-electron chi connectivity index (χ2n) is 21.9. The highest BCUT2D eigenvalue weighted by molar-refractivity contribution is 5.71. The first kappa shape index (κ1) is 67.4. The molecule has 0 aliphatic rings. The van der Waals surface area contributed by atoms with Crippen molar-refractivity contribution >= 4 is 17.9 Å². The first-order valence-electron chi connectivity index (χ1n) is 31.4. The van der Waals surface area contributed by atoms with Crippen LogP contribution in [-0.4, -0.2) is 37.2 Å². The predicted octanol–water partition coefficient (Wildman–Crippen LogP) is 21.0. The van der Waals surface area contributed by atoms with Crippen LogP contribution in [0.2, 0.25) is 0 Å². The average molecular weight is 976 g/mol. The molecular formula is C63H122O6. The molecule has 0 saturated heterocycles. The smallest absolute Gasteiger partial charge is 0.306 e. The third kappa shape index (κ3) is 55.6. The van der Waals surface area contributed by atoms with Gasteiger partial charge in [-0.1, -0.05) is 323 Å². The van der Waals surface area contributed by atoms with Crippen LogP contribution in [0.1, 0.15) is 362 Å². The molecule has 0 aliphatic heterocycles. The largest absolute Gasteiger partial charge is 0.462 e. The Bertz CT molecular complexity index is 1040. The zero-order valence-corrected chi connectivity index (χ0v) is 47.3. The van der Waals surface area contributed by atoms with E-state index in [4.69, 9.17) is 14.2 Å². The Morgan fingerprint density at radius 2 is 0.507 bits per heavy atom. The van der Waals surface area contributed by atoms with Crippen LogP contribution in [0.4, 0.5) is 0 Å². The molecule has 0 fully saturated rings. The Morgan fingerprint density at radius 1 is 0.290 bits per heavy atom. The van der Waals surface area contributed by atoms with Gasteiger partial charge in [0.15, 0.2) is 6.10 Å². The maximum atomic E-state index is 12.9. The van der Waals surface area contributed by atoms with Crippen LogP contribution in [0.5, 0.6) is 0 Å². The van der Waals surface area contributed by atoms with E-state index in [1.807, 2.05) is 0 Å². The molecule has 2 atom stereocenters. The summed E-state index contributed by atoms with van der Waals surface area (Å²) in [6.45, 7) is 9.11. The molecule has 0 bridgehead atoms. The highest BCUT2D eigenvalue weighted by atomic mass is 16.6. The molecule has 0 aliphatic carbocycles. The zero-order valence-electron chi connectivity index (χ0n) is 47.3. The molecule has 6 nitrogen and oxygen atoms in total. The summed E-state index contributed by atoms with van der Waals surface area (Å²) in [7, 11) is 0. The molecule has 0 spiro atoms. The number of unbranched alkanes of at least 4 members (excludes halogenated alkanes) is 44. The number of esters is 3. The van der Waals surface area contributed by atoms with Crippen molar-refractivity contribution in [3.63, 3.8) is 0 Å². The first-order valence-corrected chi connectivity index (χ1v) is 31.4. The van der Waals surface area contributed by atoms with Crippen LogP contribution in [0.3, 0.4) is 0 Å². The van der Waals surface area contributed by atoms with Crippen molar-refractivity contribution in [3.05, 3.63) is 0 Å². The second kappa shape index (κ2) is 57.3. The SMILES string of the molecule is CCCCCCCCCCCCCCCCCCCCCC(=O)O[C@@H](COC(=O)CCCCCCCCCCCC)COC(=O)CCCCCCCCCCCCCCCCCCCCC(C)CC. The van der Waals surface area contributed by atoms with Crippen molar-refractivity contribution in [2.45, 2.75) is 368 Å². The Hall–Kier alpha value is -1.59. The fourth-order valence-corrected chi connectivity index (χ4v) is 9.78. The van der Waals surface area contributed by atoms with Gasteiger partial charge in [0.1, 0.15) is 13.2 Å². The van der Waals surface area contributed by atoms with Crippen molar-refractivity contribution in [1.82, 2.24) is 0 Å². The number of carbonyl (C=O) groups excluding carboxylic acids is 3. The summed E-state index contributed by atoms with van der Waals surface area (Å²) in [6.07, 6.45) is 63.9. The molecule has 0 radical (unpaired) electrons. The molecule has 0 aromatic carbocycles. The minimum atomic E-state index is -0.762. The average Bonchev–Trinajstić information content (AvgIpc) is 3.35. The number of carbonyl (C=O) groups is 3. The third-order valence-electron chi connectivity index (χ3n) is 14.9. The highest BCUT2D eigenvalue weighted by Crippen LogP contribution is 2.19. The monoisotopic (exact) mass is 975 g/mol. The lowest BCUT2D eigenvalue weighted by Crippen LogP contribution is -2.30. The third-order valence-corrected chi connectivity index (χ3v) is 14.9. The summed E-state index contributed by atoms with van der Waals surface area (Å²) in [6, 6.07) is 0. The van der Waals surface area contributed by atoms with Gasteiger partial charge >= 0.3 is 17.9 Å². The van der Waals surface area contributed by atoms with E-state index in [1.54, 1.807) is 0 Å². The second-order valence-corrected chi connectivity index (χ2v) is 21.9. The maximum absolute atomic E-state index is 12.9. The van der Waals surface area contributed by atoms with Gasteiger partial charge in [0, 0.05) is 19.3 Å². The molecule has 410 valence electrons. The van der Waals surface area contributed by atoms with Gasteiger partial charge in [0.25, 0.3) is 0 Å². The Kier molecular flexibility index (Phi) is 56.0. The van der Waals surface area contributed by atoms with Gasteiger partial charge < -0.3 is 14.2 Å². The maximum Gasteiger partial charge on any atom is 0.306 e. The van der Waals surface area contributed by atoms with E-state index < -0.39 is 6.10 Å². The van der Waals surface area contributed by atoms with Crippen molar-refractivity contribution < 1.29 is 28.6 Å². The van der Waals surface area contributed by atoms with E-state index in [1.165, 1.54) is 257 Å². The molecule has 6 heteroatoms. The summed E-state index contributed by atoms with van der Waals surface area (Å²) >= 11 is 0. The van der Waals surface area contributed by atoms with E-state index in [2.05, 4.69) is 27.7 Å². The number of ether oxygens (including phenoxy) is 3. The van der Waals surface area contributed by atoms with Gasteiger partial charge in [0.2, 0.25) is 0 Å². The minimum absolute atomic E-state index is 0.0615. The molecule has 0 heterocycles. The molecule has 0 aromatic heterocycles. The topological polar surface area (TPSA) is 78.9 Å². The summed E-state index contributed by atoms with van der Waals surface area (Å²) in [4.78, 5) is 38.2. The quantitative estimate of drug-likeness (QED) is 0.0343. The van der Waals surface area contributed by atoms with E-state index in [-0.39, 0.29) is 31.1 Å². The minimum Gasteiger partial charge on any atom is -0.462 e. The molecule has 0 N–H and O–H groups in total. The van der Waals surface area contributed by atoms with Crippen LogP contribution in [-0.2, 0) is 28.6 Å². The lowest BCUT2D eigenvalue weighted by atomic mass is 9.99. The van der Waals surface area contributed by atoms with Crippen LogP contribution >= 0.6 is 0 Å². The van der Waals surface area contributed by atoms with E-state index in [9.17, 15) is 14.4 Å². The van der Waals surface area contributed by atoms with Gasteiger partial charge in [-0.15, -0.1) is 0 Å². The van der Waals surface area contributed by atoms with Gasteiger partial charge in [-0.25, -0.2) is 0 Å². The zero-order chi connectivity index (χ0) is 50.2. The lowest BCUT2D eigenvalue weighted by molar-refractivity contribution is -0.167. The normalized spacial score (nSPS) is 12.3. The summed E-state index contributed by atoms with van der Waals surface area (Å²) in [5, 5.41) is 0. The van der Waals surface area contributed by atoms with Gasteiger partial charge in [0.05, 0.1) is 0 Å². The highest BCUT2D eigenvalue weighted by Gasteiger charge is 2.19. The van der Waals surface area contributed by atoms with Crippen LogP contribution in [0.15, 0.2) is 0 Å². The first-order chi connectivity index (χ1) is 33.9. The van der Waals surface area contributed by atoms with E-state index in [0.717, 1.165) is 63.7 Å².